The summed E-state index contributed by atoms with van der Waals surface area (Å²) in [4.78, 5) is 13.2. The average Bonchev–Trinajstić information content (AvgIpc) is 3.26. The van der Waals surface area contributed by atoms with Crippen molar-refractivity contribution >= 4 is 11.7 Å². The standard InChI is InChI=1S/C21H23N3O4/c1-26-21(18-13-27-14-28-18,11-15-5-3-2-4-6-15)20(25)24-12-16-7-9-17(10-8-16)19(22)23/h2-10,13H,11-12,14H2,1H3,(H3,22,23)(H,24,25)/t21-/m0/s1. The minimum absolute atomic E-state index is 0.00201. The molecule has 1 atom stereocenters. The molecule has 0 unspecified atom stereocenters. The molecule has 1 aliphatic rings. The monoisotopic (exact) mass is 381 g/mol. The van der Waals surface area contributed by atoms with Gasteiger partial charge < -0.3 is 25.3 Å². The van der Waals surface area contributed by atoms with E-state index >= 15 is 0 Å². The SMILES string of the molecule is CO[C@](Cc1ccccc1)(C(=O)NCc1ccc(C(=N)N)cc1)C1=COCO1. The largest absolute Gasteiger partial charge is 0.461 e. The number of hydrogen-bond acceptors (Lipinski definition) is 5. The quantitative estimate of drug-likeness (QED) is 0.479. The summed E-state index contributed by atoms with van der Waals surface area (Å²) in [5, 5.41) is 10.4. The van der Waals surface area contributed by atoms with Gasteiger partial charge in [0.2, 0.25) is 12.4 Å². The number of benzene rings is 2. The number of nitrogen functional groups attached to an aromatic ring is 1. The molecule has 4 N–H and O–H groups in total. The van der Waals surface area contributed by atoms with Crippen molar-refractivity contribution in [3.8, 4) is 0 Å². The van der Waals surface area contributed by atoms with E-state index in [9.17, 15) is 4.79 Å². The number of hydrogen-bond donors (Lipinski definition) is 3. The Morgan fingerprint density at radius 1 is 1.18 bits per heavy atom. The van der Waals surface area contributed by atoms with Gasteiger partial charge in [-0.05, 0) is 11.1 Å². The van der Waals surface area contributed by atoms with Gasteiger partial charge in [-0.25, -0.2) is 0 Å². The molecule has 0 saturated carbocycles. The second kappa shape index (κ2) is 8.58. The molecule has 2 aromatic rings. The fraction of sp³-hybridized carbons (Fsp3) is 0.238. The minimum atomic E-state index is -1.34. The number of amides is 1. The van der Waals surface area contributed by atoms with E-state index in [4.69, 9.17) is 25.4 Å². The number of amidine groups is 1. The second-order valence-corrected chi connectivity index (χ2v) is 6.40. The number of nitrogens with one attached hydrogen (secondary N) is 2. The fourth-order valence-corrected chi connectivity index (χ4v) is 3.01. The van der Waals surface area contributed by atoms with Crippen LogP contribution in [0.2, 0.25) is 0 Å². The van der Waals surface area contributed by atoms with E-state index in [2.05, 4.69) is 5.32 Å². The van der Waals surface area contributed by atoms with Crippen molar-refractivity contribution in [1.82, 2.24) is 5.32 Å². The molecule has 0 saturated heterocycles. The predicted molar refractivity (Wildman–Crippen MR) is 104 cm³/mol. The van der Waals surface area contributed by atoms with E-state index in [0.29, 0.717) is 24.3 Å². The van der Waals surface area contributed by atoms with E-state index in [1.54, 1.807) is 12.1 Å². The molecular formula is C21H23N3O4. The lowest BCUT2D eigenvalue weighted by Gasteiger charge is -2.30. The Bertz CT molecular complexity index is 865. The van der Waals surface area contributed by atoms with Gasteiger partial charge in [-0.1, -0.05) is 54.6 Å². The highest BCUT2D eigenvalue weighted by Gasteiger charge is 2.46. The summed E-state index contributed by atoms with van der Waals surface area (Å²) >= 11 is 0. The van der Waals surface area contributed by atoms with E-state index in [1.807, 2.05) is 42.5 Å². The van der Waals surface area contributed by atoms with Crippen molar-refractivity contribution in [2.45, 2.75) is 18.6 Å². The van der Waals surface area contributed by atoms with Gasteiger partial charge in [0.1, 0.15) is 12.1 Å². The lowest BCUT2D eigenvalue weighted by atomic mass is 9.91. The van der Waals surface area contributed by atoms with Gasteiger partial charge in [-0.15, -0.1) is 0 Å². The Kier molecular flexibility index (Phi) is 5.96. The van der Waals surface area contributed by atoms with Crippen molar-refractivity contribution < 1.29 is 19.0 Å². The van der Waals surface area contributed by atoms with Crippen molar-refractivity contribution in [2.75, 3.05) is 13.9 Å². The van der Waals surface area contributed by atoms with Gasteiger partial charge in [0.05, 0.1) is 0 Å². The van der Waals surface area contributed by atoms with E-state index in [1.165, 1.54) is 13.4 Å². The highest BCUT2D eigenvalue weighted by atomic mass is 16.7. The van der Waals surface area contributed by atoms with E-state index in [-0.39, 0.29) is 18.5 Å². The Morgan fingerprint density at radius 3 is 2.46 bits per heavy atom. The summed E-state index contributed by atoms with van der Waals surface area (Å²) in [5.74, 6) is 0.0108. The second-order valence-electron chi connectivity index (χ2n) is 6.40. The average molecular weight is 381 g/mol. The van der Waals surface area contributed by atoms with Crippen molar-refractivity contribution in [3.63, 3.8) is 0 Å². The lowest BCUT2D eigenvalue weighted by molar-refractivity contribution is -0.143. The zero-order valence-electron chi connectivity index (χ0n) is 15.6. The van der Waals surface area contributed by atoms with E-state index < -0.39 is 5.60 Å². The Balaban J connectivity index is 1.79. The predicted octanol–water partition coefficient (Wildman–Crippen LogP) is 2.06. The zero-order valence-corrected chi connectivity index (χ0v) is 15.6. The first-order valence-electron chi connectivity index (χ1n) is 8.81. The van der Waals surface area contributed by atoms with Gasteiger partial charge >= 0.3 is 0 Å². The number of methoxy groups -OCH3 is 1. The topological polar surface area (TPSA) is 107 Å². The van der Waals surface area contributed by atoms with Crippen molar-refractivity contribution in [3.05, 3.63) is 83.3 Å². The highest BCUT2D eigenvalue weighted by Crippen LogP contribution is 2.30. The molecule has 1 heterocycles. The van der Waals surface area contributed by atoms with Crippen LogP contribution in [0.1, 0.15) is 16.7 Å². The molecule has 0 bridgehead atoms. The van der Waals surface area contributed by atoms with Crippen molar-refractivity contribution in [2.24, 2.45) is 5.73 Å². The first-order chi connectivity index (χ1) is 13.5. The van der Waals surface area contributed by atoms with Crippen LogP contribution in [0.4, 0.5) is 0 Å². The number of rotatable bonds is 8. The summed E-state index contributed by atoms with van der Waals surface area (Å²) in [7, 11) is 1.48. The maximum Gasteiger partial charge on any atom is 0.260 e. The van der Waals surface area contributed by atoms with Crippen LogP contribution in [0.5, 0.6) is 0 Å². The molecule has 1 amide bonds. The van der Waals surface area contributed by atoms with Crippen LogP contribution in [0.15, 0.2) is 66.6 Å². The van der Waals surface area contributed by atoms with Crippen LogP contribution in [0.25, 0.3) is 0 Å². The lowest BCUT2D eigenvalue weighted by Crippen LogP contribution is -2.51. The third-order valence-electron chi connectivity index (χ3n) is 4.60. The Labute approximate surface area is 163 Å². The summed E-state index contributed by atoms with van der Waals surface area (Å²) < 4.78 is 16.4. The van der Waals surface area contributed by atoms with E-state index in [0.717, 1.165) is 11.1 Å². The zero-order chi connectivity index (χ0) is 20.0. The smallest absolute Gasteiger partial charge is 0.260 e. The molecular weight excluding hydrogens is 358 g/mol. The first-order valence-corrected chi connectivity index (χ1v) is 8.81. The molecule has 7 heteroatoms. The van der Waals surface area contributed by atoms with Gasteiger partial charge in [-0.3, -0.25) is 10.2 Å². The van der Waals surface area contributed by atoms with Gasteiger partial charge in [0, 0.05) is 25.6 Å². The highest BCUT2D eigenvalue weighted by molar-refractivity contribution is 5.94. The van der Waals surface area contributed by atoms with Gasteiger partial charge in [-0.2, -0.15) is 0 Å². The molecule has 0 radical (unpaired) electrons. The summed E-state index contributed by atoms with van der Waals surface area (Å²) in [6, 6.07) is 16.7. The van der Waals surface area contributed by atoms with Gasteiger partial charge in [0.25, 0.3) is 5.91 Å². The molecule has 28 heavy (non-hydrogen) atoms. The Hall–Kier alpha value is -3.32. The first kappa shape index (κ1) is 19.4. The van der Waals surface area contributed by atoms with Crippen LogP contribution in [0.3, 0.4) is 0 Å². The molecule has 3 rings (SSSR count). The molecule has 0 fully saturated rings. The molecule has 7 nitrogen and oxygen atoms in total. The van der Waals surface area contributed by atoms with Crippen LogP contribution >= 0.6 is 0 Å². The number of ether oxygens (including phenoxy) is 3. The van der Waals surface area contributed by atoms with Crippen LogP contribution in [-0.2, 0) is 32.0 Å². The van der Waals surface area contributed by atoms with Gasteiger partial charge in [0.15, 0.2) is 5.76 Å². The number of carbonyl (C=O) groups is 1. The third kappa shape index (κ3) is 4.15. The molecule has 0 spiro atoms. The van der Waals surface area contributed by atoms with Crippen LogP contribution < -0.4 is 11.1 Å². The molecule has 2 aromatic carbocycles. The normalized spacial score (nSPS) is 15.0. The molecule has 0 aromatic heterocycles. The van der Waals surface area contributed by atoms with Crippen molar-refractivity contribution in [1.29, 1.82) is 5.41 Å². The number of carbonyl (C=O) groups excluding carboxylic acids is 1. The maximum atomic E-state index is 13.2. The third-order valence-corrected chi connectivity index (χ3v) is 4.60. The fourth-order valence-electron chi connectivity index (χ4n) is 3.01. The summed E-state index contributed by atoms with van der Waals surface area (Å²) in [6.45, 7) is 0.347. The number of nitrogens with two attached hydrogens (primary N) is 1. The summed E-state index contributed by atoms with van der Waals surface area (Å²) in [5.41, 5.74) is 6.57. The minimum Gasteiger partial charge on any atom is -0.461 e. The molecule has 146 valence electrons. The van der Waals surface area contributed by atoms with Crippen LogP contribution in [0, 0.1) is 5.41 Å². The van der Waals surface area contributed by atoms with Crippen LogP contribution in [-0.4, -0.2) is 31.2 Å². The molecule has 1 aliphatic heterocycles. The maximum absolute atomic E-state index is 13.2. The Morgan fingerprint density at radius 2 is 1.89 bits per heavy atom. The summed E-state index contributed by atoms with van der Waals surface area (Å²) in [6.07, 6.45) is 1.72. The molecule has 0 aliphatic carbocycles.